The van der Waals surface area contributed by atoms with Crippen LogP contribution in [0.1, 0.15) is 11.1 Å². The van der Waals surface area contributed by atoms with E-state index in [2.05, 4.69) is 23.1 Å². The van der Waals surface area contributed by atoms with Gasteiger partial charge in [0.25, 0.3) is 0 Å². The molecule has 0 saturated carbocycles. The van der Waals surface area contributed by atoms with Gasteiger partial charge < -0.3 is 10.6 Å². The first-order valence-electron chi connectivity index (χ1n) is 6.10. The molecule has 18 heavy (non-hydrogen) atoms. The van der Waals surface area contributed by atoms with Crippen molar-refractivity contribution < 1.29 is 0 Å². The zero-order valence-electron chi connectivity index (χ0n) is 10.1. The highest BCUT2D eigenvalue weighted by atomic mass is 35.5. The first-order valence-corrected chi connectivity index (χ1v) is 6.48. The van der Waals surface area contributed by atoms with E-state index in [1.54, 1.807) is 0 Å². The molecule has 0 unspecified atom stereocenters. The fourth-order valence-corrected chi connectivity index (χ4v) is 2.70. The predicted octanol–water partition coefficient (Wildman–Crippen LogP) is 3.48. The Hall–Kier alpha value is -1.67. The van der Waals surface area contributed by atoms with Crippen LogP contribution in [0.25, 0.3) is 0 Å². The van der Waals surface area contributed by atoms with Crippen LogP contribution in [0.2, 0.25) is 5.02 Å². The Morgan fingerprint density at radius 3 is 2.89 bits per heavy atom. The van der Waals surface area contributed by atoms with Gasteiger partial charge in [0.15, 0.2) is 0 Å². The number of anilines is 2. The van der Waals surface area contributed by atoms with Crippen molar-refractivity contribution in [2.45, 2.75) is 13.0 Å². The second kappa shape index (κ2) is 4.54. The molecule has 2 aromatic carbocycles. The van der Waals surface area contributed by atoms with Crippen LogP contribution in [0, 0.1) is 0 Å². The Morgan fingerprint density at radius 2 is 2.06 bits per heavy atom. The van der Waals surface area contributed by atoms with Crippen LogP contribution in [0.3, 0.4) is 0 Å². The quantitative estimate of drug-likeness (QED) is 0.836. The second-order valence-corrected chi connectivity index (χ2v) is 5.13. The third kappa shape index (κ3) is 2.16. The van der Waals surface area contributed by atoms with Crippen molar-refractivity contribution in [2.75, 3.05) is 17.2 Å². The van der Waals surface area contributed by atoms with Gasteiger partial charge >= 0.3 is 0 Å². The fraction of sp³-hybridized carbons (Fsp3) is 0.200. The average Bonchev–Trinajstić information content (AvgIpc) is 2.72. The minimum Gasteiger partial charge on any atom is -0.399 e. The number of benzene rings is 2. The number of halogens is 1. The van der Waals surface area contributed by atoms with E-state index in [-0.39, 0.29) is 0 Å². The average molecular weight is 259 g/mol. The van der Waals surface area contributed by atoms with Gasteiger partial charge in [-0.15, -0.1) is 0 Å². The van der Waals surface area contributed by atoms with Crippen molar-refractivity contribution in [1.82, 2.24) is 0 Å². The zero-order valence-corrected chi connectivity index (χ0v) is 10.8. The summed E-state index contributed by atoms with van der Waals surface area (Å²) in [5.41, 5.74) is 10.6. The van der Waals surface area contributed by atoms with E-state index in [4.69, 9.17) is 17.3 Å². The van der Waals surface area contributed by atoms with Crippen LogP contribution in [-0.4, -0.2) is 6.54 Å². The first-order chi connectivity index (χ1) is 8.72. The van der Waals surface area contributed by atoms with Crippen molar-refractivity contribution in [2.24, 2.45) is 0 Å². The van der Waals surface area contributed by atoms with E-state index in [0.29, 0.717) is 0 Å². The largest absolute Gasteiger partial charge is 0.399 e. The molecule has 92 valence electrons. The second-order valence-electron chi connectivity index (χ2n) is 4.69. The molecule has 1 aliphatic heterocycles. The Morgan fingerprint density at radius 1 is 1.17 bits per heavy atom. The molecule has 0 aliphatic carbocycles. The predicted molar refractivity (Wildman–Crippen MR) is 77.1 cm³/mol. The number of nitrogens with two attached hydrogens (primary N) is 1. The van der Waals surface area contributed by atoms with E-state index in [9.17, 15) is 0 Å². The molecule has 1 aliphatic rings. The van der Waals surface area contributed by atoms with Crippen molar-refractivity contribution in [3.8, 4) is 0 Å². The Kier molecular flexibility index (Phi) is 2.88. The summed E-state index contributed by atoms with van der Waals surface area (Å²) in [6, 6.07) is 14.2. The summed E-state index contributed by atoms with van der Waals surface area (Å²) in [5, 5.41) is 0.791. The standard InChI is InChI=1S/C15H15ClN2/c16-13-3-1-2-11(8-13)10-18-7-6-12-4-5-14(17)9-15(12)18/h1-5,8-9H,6-7,10,17H2. The molecule has 0 spiro atoms. The first kappa shape index (κ1) is 11.4. The van der Waals surface area contributed by atoms with E-state index < -0.39 is 0 Å². The van der Waals surface area contributed by atoms with Crippen LogP contribution in [0.5, 0.6) is 0 Å². The van der Waals surface area contributed by atoms with Gasteiger partial charge in [-0.1, -0.05) is 29.8 Å². The molecule has 0 saturated heterocycles. The van der Waals surface area contributed by atoms with Crippen molar-refractivity contribution >= 4 is 23.0 Å². The highest BCUT2D eigenvalue weighted by Crippen LogP contribution is 2.31. The molecule has 0 bridgehead atoms. The lowest BCUT2D eigenvalue weighted by Gasteiger charge is -2.20. The lowest BCUT2D eigenvalue weighted by atomic mass is 10.1. The Balaban J connectivity index is 1.86. The summed E-state index contributed by atoms with van der Waals surface area (Å²) in [6.07, 6.45) is 1.09. The number of nitrogens with zero attached hydrogens (tertiary/aromatic N) is 1. The summed E-state index contributed by atoms with van der Waals surface area (Å²) in [5.74, 6) is 0. The number of hydrogen-bond acceptors (Lipinski definition) is 2. The molecule has 2 N–H and O–H groups in total. The summed E-state index contributed by atoms with van der Waals surface area (Å²) in [6.45, 7) is 1.93. The third-order valence-corrected chi connectivity index (χ3v) is 3.60. The zero-order chi connectivity index (χ0) is 12.5. The van der Waals surface area contributed by atoms with Gasteiger partial charge in [-0.25, -0.2) is 0 Å². The fourth-order valence-electron chi connectivity index (χ4n) is 2.48. The van der Waals surface area contributed by atoms with Gasteiger partial charge in [-0.05, 0) is 41.8 Å². The van der Waals surface area contributed by atoms with E-state index >= 15 is 0 Å². The molecule has 3 rings (SSSR count). The molecular weight excluding hydrogens is 244 g/mol. The van der Waals surface area contributed by atoms with Crippen LogP contribution in [0.15, 0.2) is 42.5 Å². The van der Waals surface area contributed by atoms with Crippen LogP contribution in [0.4, 0.5) is 11.4 Å². The van der Waals surface area contributed by atoms with Gasteiger partial charge in [-0.3, -0.25) is 0 Å². The van der Waals surface area contributed by atoms with Crippen LogP contribution in [-0.2, 0) is 13.0 Å². The molecule has 0 aromatic heterocycles. The summed E-state index contributed by atoms with van der Waals surface area (Å²) in [4.78, 5) is 2.36. The van der Waals surface area contributed by atoms with Gasteiger partial charge in [-0.2, -0.15) is 0 Å². The molecule has 0 atom stereocenters. The van der Waals surface area contributed by atoms with E-state index in [1.807, 2.05) is 24.3 Å². The topological polar surface area (TPSA) is 29.3 Å². The molecule has 1 heterocycles. The normalized spacial score (nSPS) is 13.7. The molecule has 0 radical (unpaired) electrons. The monoisotopic (exact) mass is 258 g/mol. The van der Waals surface area contributed by atoms with Gasteiger partial charge in [0.2, 0.25) is 0 Å². The number of rotatable bonds is 2. The smallest absolute Gasteiger partial charge is 0.0430 e. The maximum Gasteiger partial charge on any atom is 0.0430 e. The van der Waals surface area contributed by atoms with E-state index in [0.717, 1.165) is 30.2 Å². The lowest BCUT2D eigenvalue weighted by molar-refractivity contribution is 0.836. The van der Waals surface area contributed by atoms with Crippen molar-refractivity contribution in [1.29, 1.82) is 0 Å². The number of fused-ring (bicyclic) bond motifs is 1. The number of hydrogen-bond donors (Lipinski definition) is 1. The summed E-state index contributed by atoms with van der Waals surface area (Å²) >= 11 is 6.02. The van der Waals surface area contributed by atoms with Crippen LogP contribution >= 0.6 is 11.6 Å². The van der Waals surface area contributed by atoms with Gasteiger partial charge in [0, 0.05) is 29.5 Å². The third-order valence-electron chi connectivity index (χ3n) is 3.36. The van der Waals surface area contributed by atoms with Crippen molar-refractivity contribution in [3.05, 3.63) is 58.6 Å². The highest BCUT2D eigenvalue weighted by molar-refractivity contribution is 6.30. The summed E-state index contributed by atoms with van der Waals surface area (Å²) < 4.78 is 0. The minimum absolute atomic E-state index is 0.791. The Bertz CT molecular complexity index is 580. The van der Waals surface area contributed by atoms with Crippen LogP contribution < -0.4 is 10.6 Å². The molecule has 2 nitrogen and oxygen atoms in total. The summed E-state index contributed by atoms with van der Waals surface area (Å²) in [7, 11) is 0. The van der Waals surface area contributed by atoms with Gasteiger partial charge in [0.05, 0.1) is 0 Å². The molecule has 3 heteroatoms. The number of nitrogen functional groups attached to an aromatic ring is 1. The minimum atomic E-state index is 0.791. The maximum atomic E-state index is 6.02. The van der Waals surface area contributed by atoms with E-state index in [1.165, 1.54) is 16.8 Å². The van der Waals surface area contributed by atoms with Crippen molar-refractivity contribution in [3.63, 3.8) is 0 Å². The molecule has 2 aromatic rings. The molecule has 0 fully saturated rings. The lowest BCUT2D eigenvalue weighted by Crippen LogP contribution is -2.19. The Labute approximate surface area is 112 Å². The van der Waals surface area contributed by atoms with Gasteiger partial charge in [0.1, 0.15) is 0 Å². The molecular formula is C15H15ClN2. The maximum absolute atomic E-state index is 6.02. The highest BCUT2D eigenvalue weighted by Gasteiger charge is 2.19. The molecule has 0 amide bonds. The SMILES string of the molecule is Nc1ccc2c(c1)N(Cc1cccc(Cl)c1)CC2.